The molecule has 22 heavy (non-hydrogen) atoms. The molecule has 0 spiro atoms. The van der Waals surface area contributed by atoms with Crippen molar-refractivity contribution in [1.29, 1.82) is 0 Å². The van der Waals surface area contributed by atoms with Crippen LogP contribution in [0.4, 0.5) is 0 Å². The molecule has 0 radical (unpaired) electrons. The predicted octanol–water partition coefficient (Wildman–Crippen LogP) is 3.78. The van der Waals surface area contributed by atoms with Gasteiger partial charge >= 0.3 is 0 Å². The van der Waals surface area contributed by atoms with Crippen molar-refractivity contribution in [2.75, 3.05) is 0 Å². The summed E-state index contributed by atoms with van der Waals surface area (Å²) in [6.45, 7) is 2.25. The van der Waals surface area contributed by atoms with Crippen molar-refractivity contribution < 1.29 is 4.79 Å². The van der Waals surface area contributed by atoms with Gasteiger partial charge in [-0.25, -0.2) is 0 Å². The molecular weight excluding hydrogens is 272 g/mol. The highest BCUT2D eigenvalue weighted by molar-refractivity contribution is 5.84. The molecule has 0 bridgehead atoms. The minimum Gasteiger partial charge on any atom is -0.339 e. The van der Waals surface area contributed by atoms with Crippen LogP contribution in [0, 0.1) is 0 Å². The van der Waals surface area contributed by atoms with E-state index in [4.69, 9.17) is 0 Å². The molecule has 1 amide bonds. The van der Waals surface area contributed by atoms with Crippen molar-refractivity contribution in [1.82, 2.24) is 10.6 Å². The van der Waals surface area contributed by atoms with Crippen LogP contribution in [0.2, 0.25) is 0 Å². The number of carbonyl (C=O) groups is 1. The Bertz CT molecular complexity index is 432. The summed E-state index contributed by atoms with van der Waals surface area (Å²) in [5.74, 6) is 0.150. The van der Waals surface area contributed by atoms with Crippen molar-refractivity contribution in [3.8, 4) is 0 Å². The van der Waals surface area contributed by atoms with E-state index in [2.05, 4.69) is 29.7 Å². The lowest BCUT2D eigenvalue weighted by molar-refractivity contribution is -0.120. The van der Waals surface area contributed by atoms with Gasteiger partial charge in [0.2, 0.25) is 5.91 Å². The van der Waals surface area contributed by atoms with Crippen LogP contribution in [-0.2, 0) is 11.2 Å². The first-order valence-electron chi connectivity index (χ1n) is 8.90. The lowest BCUT2D eigenvalue weighted by Gasteiger charge is -2.12. The van der Waals surface area contributed by atoms with Gasteiger partial charge < -0.3 is 5.32 Å². The van der Waals surface area contributed by atoms with Gasteiger partial charge in [-0.1, -0.05) is 82.2 Å². The summed E-state index contributed by atoms with van der Waals surface area (Å²) in [4.78, 5) is 12.0. The molecular formula is C19H30N2O. The summed E-state index contributed by atoms with van der Waals surface area (Å²) < 4.78 is 0. The van der Waals surface area contributed by atoms with Gasteiger partial charge in [-0.3, -0.25) is 10.1 Å². The summed E-state index contributed by atoms with van der Waals surface area (Å²) in [5, 5.41) is 6.53. The van der Waals surface area contributed by atoms with E-state index in [0.717, 1.165) is 12.8 Å². The van der Waals surface area contributed by atoms with Crippen molar-refractivity contribution >= 4 is 5.91 Å². The molecule has 1 saturated heterocycles. The maximum atomic E-state index is 12.0. The van der Waals surface area contributed by atoms with E-state index in [-0.39, 0.29) is 18.1 Å². The van der Waals surface area contributed by atoms with Crippen molar-refractivity contribution in [2.45, 2.75) is 76.9 Å². The smallest absolute Gasteiger partial charge is 0.238 e. The summed E-state index contributed by atoms with van der Waals surface area (Å²) >= 11 is 0. The maximum Gasteiger partial charge on any atom is 0.238 e. The third-order valence-electron chi connectivity index (χ3n) is 4.41. The number of hydrogen-bond donors (Lipinski definition) is 2. The number of hydrogen-bond acceptors (Lipinski definition) is 2. The second-order valence-electron chi connectivity index (χ2n) is 6.38. The van der Waals surface area contributed by atoms with E-state index in [9.17, 15) is 4.79 Å². The van der Waals surface area contributed by atoms with Gasteiger partial charge in [0.05, 0.1) is 12.2 Å². The molecule has 2 atom stereocenters. The monoisotopic (exact) mass is 302 g/mol. The zero-order valence-electron chi connectivity index (χ0n) is 13.8. The Kier molecular flexibility index (Phi) is 7.44. The average molecular weight is 302 g/mol. The number of unbranched alkanes of at least 4 members (excludes halogenated alkanes) is 6. The van der Waals surface area contributed by atoms with Gasteiger partial charge in [-0.2, -0.15) is 0 Å². The number of benzene rings is 1. The fraction of sp³-hybridized carbons (Fsp3) is 0.632. The Hall–Kier alpha value is -1.35. The molecule has 2 rings (SSSR count). The SMILES string of the molecule is CCCCCCCCCC1NC(=O)C(Cc2ccccc2)N1. The Morgan fingerprint density at radius 1 is 0.955 bits per heavy atom. The average Bonchev–Trinajstić information content (AvgIpc) is 2.87. The van der Waals surface area contributed by atoms with Gasteiger partial charge in [0.15, 0.2) is 0 Å². The van der Waals surface area contributed by atoms with Crippen LogP contribution in [0.1, 0.15) is 63.9 Å². The lowest BCUT2D eigenvalue weighted by atomic mass is 10.1. The molecule has 122 valence electrons. The Labute approximate surface area is 134 Å². The third-order valence-corrected chi connectivity index (χ3v) is 4.41. The van der Waals surface area contributed by atoms with Crippen LogP contribution in [-0.4, -0.2) is 18.1 Å². The number of amides is 1. The fourth-order valence-corrected chi connectivity index (χ4v) is 3.10. The number of nitrogens with one attached hydrogen (secondary N) is 2. The zero-order chi connectivity index (χ0) is 15.6. The molecule has 2 unspecified atom stereocenters. The minimum atomic E-state index is -0.0723. The molecule has 1 aliphatic heterocycles. The normalized spacial score (nSPS) is 21.0. The van der Waals surface area contributed by atoms with E-state index in [1.54, 1.807) is 0 Å². The summed E-state index contributed by atoms with van der Waals surface area (Å²) in [5.41, 5.74) is 1.21. The molecule has 0 aliphatic carbocycles. The van der Waals surface area contributed by atoms with E-state index in [0.29, 0.717) is 0 Å². The highest BCUT2D eigenvalue weighted by Crippen LogP contribution is 2.13. The first-order valence-corrected chi connectivity index (χ1v) is 8.90. The second kappa shape index (κ2) is 9.62. The summed E-state index contributed by atoms with van der Waals surface area (Å²) in [7, 11) is 0. The molecule has 1 heterocycles. The molecule has 0 aromatic heterocycles. The minimum absolute atomic E-state index is 0.0723. The van der Waals surface area contributed by atoms with Crippen LogP contribution in [0.3, 0.4) is 0 Å². The van der Waals surface area contributed by atoms with Crippen LogP contribution in [0.5, 0.6) is 0 Å². The highest BCUT2D eigenvalue weighted by atomic mass is 16.2. The van der Waals surface area contributed by atoms with E-state index in [1.807, 2.05) is 18.2 Å². The van der Waals surface area contributed by atoms with E-state index >= 15 is 0 Å². The lowest BCUT2D eigenvalue weighted by Crippen LogP contribution is -2.34. The highest BCUT2D eigenvalue weighted by Gasteiger charge is 2.30. The van der Waals surface area contributed by atoms with Crippen LogP contribution in [0.15, 0.2) is 30.3 Å². The predicted molar refractivity (Wildman–Crippen MR) is 91.6 cm³/mol. The summed E-state index contributed by atoms with van der Waals surface area (Å²) in [6, 6.07) is 10.2. The van der Waals surface area contributed by atoms with E-state index < -0.39 is 0 Å². The second-order valence-corrected chi connectivity index (χ2v) is 6.38. The van der Waals surface area contributed by atoms with Crippen molar-refractivity contribution in [3.63, 3.8) is 0 Å². The molecule has 1 fully saturated rings. The van der Waals surface area contributed by atoms with Crippen molar-refractivity contribution in [3.05, 3.63) is 35.9 Å². The number of carbonyl (C=O) groups excluding carboxylic acids is 1. The molecule has 0 saturated carbocycles. The van der Waals surface area contributed by atoms with Crippen molar-refractivity contribution in [2.24, 2.45) is 0 Å². The molecule has 2 N–H and O–H groups in total. The molecule has 3 heteroatoms. The summed E-state index contributed by atoms with van der Waals surface area (Å²) in [6.07, 6.45) is 11.2. The first kappa shape index (κ1) is 17.0. The van der Waals surface area contributed by atoms with Gasteiger partial charge in [0, 0.05) is 0 Å². The standard InChI is InChI=1S/C19H30N2O/c1-2-3-4-5-6-7-11-14-18-20-17(19(22)21-18)15-16-12-9-8-10-13-16/h8-10,12-13,17-18,20H,2-7,11,14-15H2,1H3,(H,21,22). The maximum absolute atomic E-state index is 12.0. The molecule has 3 nitrogen and oxygen atoms in total. The Balaban J connectivity index is 1.61. The Morgan fingerprint density at radius 3 is 2.36 bits per heavy atom. The Morgan fingerprint density at radius 2 is 1.64 bits per heavy atom. The third kappa shape index (κ3) is 5.80. The van der Waals surface area contributed by atoms with Gasteiger partial charge in [0.25, 0.3) is 0 Å². The number of rotatable bonds is 10. The molecule has 1 aromatic carbocycles. The van der Waals surface area contributed by atoms with Crippen LogP contribution in [0.25, 0.3) is 0 Å². The largest absolute Gasteiger partial charge is 0.339 e. The fourth-order valence-electron chi connectivity index (χ4n) is 3.10. The van der Waals surface area contributed by atoms with Gasteiger partial charge in [-0.15, -0.1) is 0 Å². The first-order chi connectivity index (χ1) is 10.8. The van der Waals surface area contributed by atoms with Gasteiger partial charge in [-0.05, 0) is 18.4 Å². The molecule has 1 aromatic rings. The quantitative estimate of drug-likeness (QED) is 0.646. The van der Waals surface area contributed by atoms with Gasteiger partial charge in [0.1, 0.15) is 0 Å². The van der Waals surface area contributed by atoms with Crippen LogP contribution < -0.4 is 10.6 Å². The van der Waals surface area contributed by atoms with E-state index in [1.165, 1.54) is 50.5 Å². The molecule has 1 aliphatic rings. The topological polar surface area (TPSA) is 41.1 Å². The van der Waals surface area contributed by atoms with Crippen LogP contribution >= 0.6 is 0 Å². The zero-order valence-corrected chi connectivity index (χ0v) is 13.8.